The van der Waals surface area contributed by atoms with E-state index in [1.165, 1.54) is 18.4 Å². The lowest BCUT2D eigenvalue weighted by Crippen LogP contribution is -2.15. The summed E-state index contributed by atoms with van der Waals surface area (Å²) in [6, 6.07) is 0.750. The topological polar surface area (TPSA) is 37.8 Å². The molecule has 0 atom stereocenters. The van der Waals surface area contributed by atoms with E-state index in [9.17, 15) is 0 Å². The molecule has 0 spiro atoms. The summed E-state index contributed by atoms with van der Waals surface area (Å²) in [6.45, 7) is 0.902. The van der Waals surface area contributed by atoms with Crippen molar-refractivity contribution in [3.05, 3.63) is 18.0 Å². The minimum atomic E-state index is 0.750. The minimum absolute atomic E-state index is 0.750. The Balaban J connectivity index is 1.88. The van der Waals surface area contributed by atoms with Crippen molar-refractivity contribution in [3.8, 4) is 0 Å². The zero-order chi connectivity index (χ0) is 9.10. The Kier molecular flexibility index (Phi) is 2.80. The Labute approximate surface area is 82.4 Å². The van der Waals surface area contributed by atoms with Crippen LogP contribution < -0.4 is 5.32 Å². The lowest BCUT2D eigenvalue weighted by atomic mass is 10.3. The lowest BCUT2D eigenvalue weighted by Gasteiger charge is -2.01. The normalized spacial score (nSPS) is 16.1. The first-order chi connectivity index (χ1) is 6.38. The number of thioether (sulfide) groups is 1. The third-order valence-electron chi connectivity index (χ3n) is 2.04. The van der Waals surface area contributed by atoms with Crippen molar-refractivity contribution in [1.29, 1.82) is 0 Å². The zero-order valence-electron chi connectivity index (χ0n) is 7.66. The first-order valence-corrected chi connectivity index (χ1v) is 5.69. The van der Waals surface area contributed by atoms with Crippen molar-refractivity contribution in [2.24, 2.45) is 0 Å². The summed E-state index contributed by atoms with van der Waals surface area (Å²) in [4.78, 5) is 8.41. The van der Waals surface area contributed by atoms with Crippen molar-refractivity contribution >= 4 is 11.8 Å². The highest BCUT2D eigenvalue weighted by Gasteiger charge is 2.19. The smallest absolute Gasteiger partial charge is 0.187 e. The van der Waals surface area contributed by atoms with Gasteiger partial charge in [-0.05, 0) is 19.1 Å². The average molecular weight is 195 g/mol. The first kappa shape index (κ1) is 8.97. The summed E-state index contributed by atoms with van der Waals surface area (Å²) in [5.41, 5.74) is 1.17. The predicted octanol–water partition coefficient (Wildman–Crippen LogP) is 1.45. The molecule has 2 rings (SSSR count). The molecule has 3 nitrogen and oxygen atoms in total. The molecule has 1 aromatic rings. The average Bonchev–Trinajstić information content (AvgIpc) is 2.99. The maximum Gasteiger partial charge on any atom is 0.187 e. The molecule has 13 heavy (non-hydrogen) atoms. The van der Waals surface area contributed by atoms with E-state index >= 15 is 0 Å². The molecule has 0 radical (unpaired) electrons. The Morgan fingerprint density at radius 3 is 2.69 bits per heavy atom. The van der Waals surface area contributed by atoms with Gasteiger partial charge in [0, 0.05) is 30.5 Å². The van der Waals surface area contributed by atoms with Gasteiger partial charge in [-0.2, -0.15) is 0 Å². The van der Waals surface area contributed by atoms with Crippen molar-refractivity contribution in [3.63, 3.8) is 0 Å². The van der Waals surface area contributed by atoms with Crippen LogP contribution >= 0.6 is 11.8 Å². The Morgan fingerprint density at radius 1 is 1.46 bits per heavy atom. The van der Waals surface area contributed by atoms with Crippen LogP contribution in [0.3, 0.4) is 0 Å². The van der Waals surface area contributed by atoms with E-state index < -0.39 is 0 Å². The summed E-state index contributed by atoms with van der Waals surface area (Å²) in [5.74, 6) is 0. The molecule has 1 heterocycles. The third-order valence-corrected chi connectivity index (χ3v) is 2.61. The van der Waals surface area contributed by atoms with Gasteiger partial charge in [0.25, 0.3) is 0 Å². The highest BCUT2D eigenvalue weighted by molar-refractivity contribution is 7.98. The number of nitrogens with one attached hydrogen (secondary N) is 1. The molecule has 0 amide bonds. The van der Waals surface area contributed by atoms with Gasteiger partial charge in [-0.25, -0.2) is 9.97 Å². The second kappa shape index (κ2) is 4.07. The maximum absolute atomic E-state index is 4.21. The SMILES string of the molecule is CSc1ncc(CNC2CC2)cn1. The van der Waals surface area contributed by atoms with Gasteiger partial charge >= 0.3 is 0 Å². The second-order valence-corrected chi connectivity index (χ2v) is 4.01. The van der Waals surface area contributed by atoms with Crippen LogP contribution in [0.25, 0.3) is 0 Å². The standard InChI is InChI=1S/C9H13N3S/c1-13-9-11-5-7(6-12-9)4-10-8-2-3-8/h5-6,8,10H,2-4H2,1H3. The Morgan fingerprint density at radius 2 is 2.15 bits per heavy atom. The van der Waals surface area contributed by atoms with E-state index in [1.807, 2.05) is 18.6 Å². The van der Waals surface area contributed by atoms with Crippen LogP contribution in [0.4, 0.5) is 0 Å². The molecule has 1 aliphatic carbocycles. The minimum Gasteiger partial charge on any atom is -0.310 e. The fraction of sp³-hybridized carbons (Fsp3) is 0.556. The molecule has 1 saturated carbocycles. The summed E-state index contributed by atoms with van der Waals surface area (Å²) < 4.78 is 0. The van der Waals surface area contributed by atoms with Gasteiger partial charge in [-0.1, -0.05) is 11.8 Å². The molecular weight excluding hydrogens is 182 g/mol. The van der Waals surface area contributed by atoms with E-state index in [0.29, 0.717) is 0 Å². The molecule has 0 unspecified atom stereocenters. The highest BCUT2D eigenvalue weighted by atomic mass is 32.2. The van der Waals surface area contributed by atoms with Crippen LogP contribution in [0, 0.1) is 0 Å². The van der Waals surface area contributed by atoms with Gasteiger partial charge in [-0.3, -0.25) is 0 Å². The van der Waals surface area contributed by atoms with Crippen LogP contribution in [0.1, 0.15) is 18.4 Å². The van der Waals surface area contributed by atoms with E-state index in [2.05, 4.69) is 15.3 Å². The van der Waals surface area contributed by atoms with Crippen molar-refractivity contribution in [2.45, 2.75) is 30.6 Å². The number of hydrogen-bond donors (Lipinski definition) is 1. The first-order valence-electron chi connectivity index (χ1n) is 4.47. The van der Waals surface area contributed by atoms with Crippen LogP contribution in [0.5, 0.6) is 0 Å². The van der Waals surface area contributed by atoms with Gasteiger partial charge < -0.3 is 5.32 Å². The zero-order valence-corrected chi connectivity index (χ0v) is 8.47. The largest absolute Gasteiger partial charge is 0.310 e. The van der Waals surface area contributed by atoms with Crippen LogP contribution in [0.15, 0.2) is 17.6 Å². The Hall–Kier alpha value is -0.610. The van der Waals surface area contributed by atoms with Crippen molar-refractivity contribution in [2.75, 3.05) is 6.26 Å². The van der Waals surface area contributed by atoms with Gasteiger partial charge in [0.05, 0.1) is 0 Å². The van der Waals surface area contributed by atoms with Gasteiger partial charge in [0.15, 0.2) is 5.16 Å². The van der Waals surface area contributed by atoms with Gasteiger partial charge in [0.1, 0.15) is 0 Å². The fourth-order valence-electron chi connectivity index (χ4n) is 1.09. The molecule has 0 aromatic carbocycles. The maximum atomic E-state index is 4.21. The number of nitrogens with zero attached hydrogens (tertiary/aromatic N) is 2. The molecular formula is C9H13N3S. The van der Waals surface area contributed by atoms with Crippen molar-refractivity contribution in [1.82, 2.24) is 15.3 Å². The quantitative estimate of drug-likeness (QED) is 0.583. The molecule has 0 aliphatic heterocycles. The summed E-state index contributed by atoms with van der Waals surface area (Å²) in [6.07, 6.45) is 8.42. The lowest BCUT2D eigenvalue weighted by molar-refractivity contribution is 0.680. The summed E-state index contributed by atoms with van der Waals surface area (Å²) in [5, 5.41) is 4.27. The second-order valence-electron chi connectivity index (χ2n) is 3.23. The molecule has 0 bridgehead atoms. The fourth-order valence-corrected chi connectivity index (χ4v) is 1.41. The molecule has 70 valence electrons. The number of aromatic nitrogens is 2. The highest BCUT2D eigenvalue weighted by Crippen LogP contribution is 2.19. The molecule has 1 aliphatic rings. The summed E-state index contributed by atoms with van der Waals surface area (Å²) >= 11 is 1.57. The van der Waals surface area contributed by atoms with E-state index in [0.717, 1.165) is 17.7 Å². The molecule has 1 aromatic heterocycles. The van der Waals surface area contributed by atoms with Crippen molar-refractivity contribution < 1.29 is 0 Å². The van der Waals surface area contributed by atoms with E-state index in [1.54, 1.807) is 11.8 Å². The van der Waals surface area contributed by atoms with Crippen LogP contribution in [0.2, 0.25) is 0 Å². The third kappa shape index (κ3) is 2.67. The number of rotatable bonds is 4. The van der Waals surface area contributed by atoms with Gasteiger partial charge in [-0.15, -0.1) is 0 Å². The molecule has 0 saturated heterocycles. The van der Waals surface area contributed by atoms with E-state index in [-0.39, 0.29) is 0 Å². The summed E-state index contributed by atoms with van der Waals surface area (Å²) in [7, 11) is 0. The molecule has 1 N–H and O–H groups in total. The molecule has 4 heteroatoms. The van der Waals surface area contributed by atoms with Gasteiger partial charge in [0.2, 0.25) is 0 Å². The monoisotopic (exact) mass is 195 g/mol. The number of hydrogen-bond acceptors (Lipinski definition) is 4. The van der Waals surface area contributed by atoms with Crippen LogP contribution in [-0.2, 0) is 6.54 Å². The van der Waals surface area contributed by atoms with E-state index in [4.69, 9.17) is 0 Å². The molecule has 1 fully saturated rings. The Bertz CT molecular complexity index is 269. The van der Waals surface area contributed by atoms with Crippen LogP contribution in [-0.4, -0.2) is 22.3 Å². The predicted molar refractivity (Wildman–Crippen MR) is 53.7 cm³/mol.